The minimum Gasteiger partial charge on any atom is -0.481 e. The van der Waals surface area contributed by atoms with Crippen molar-refractivity contribution in [3.8, 4) is 11.8 Å². The first kappa shape index (κ1) is 19.4. The van der Waals surface area contributed by atoms with Gasteiger partial charge in [0.25, 0.3) is 5.91 Å². The van der Waals surface area contributed by atoms with Crippen LogP contribution in [0.4, 0.5) is 5.69 Å². The fourth-order valence-corrected chi connectivity index (χ4v) is 2.84. The maximum Gasteiger partial charge on any atom is 0.265 e. The Labute approximate surface area is 152 Å². The number of nitrogens with two attached hydrogens (primary N) is 1. The predicted molar refractivity (Wildman–Crippen MR) is 97.2 cm³/mol. The molecule has 8 heteroatoms. The number of nitrogens with one attached hydrogen (secondary N) is 1. The summed E-state index contributed by atoms with van der Waals surface area (Å²) >= 11 is 0. The van der Waals surface area contributed by atoms with Crippen molar-refractivity contribution in [2.24, 2.45) is 5.14 Å². The predicted octanol–water partition coefficient (Wildman–Crippen LogP) is 2.23. The summed E-state index contributed by atoms with van der Waals surface area (Å²) < 4.78 is 28.7. The molecule has 2 aromatic rings. The number of benzene rings is 2. The van der Waals surface area contributed by atoms with Gasteiger partial charge in [-0.15, -0.1) is 0 Å². The SMILES string of the molecule is Cc1cc(S(N)(=O)=O)cc(NC(=O)[C@@H](C)Oc2ccc(C#N)cc2)c1C. The maximum absolute atomic E-state index is 12.4. The van der Waals surface area contributed by atoms with E-state index in [9.17, 15) is 13.2 Å². The van der Waals surface area contributed by atoms with Crippen molar-refractivity contribution in [1.29, 1.82) is 5.26 Å². The molecule has 26 heavy (non-hydrogen) atoms. The van der Waals surface area contributed by atoms with E-state index in [1.54, 1.807) is 45.0 Å². The molecular formula is C18H19N3O4S. The largest absolute Gasteiger partial charge is 0.481 e. The number of amides is 1. The molecule has 0 aliphatic carbocycles. The zero-order chi connectivity index (χ0) is 19.5. The van der Waals surface area contributed by atoms with Crippen LogP contribution in [0.25, 0.3) is 0 Å². The quantitative estimate of drug-likeness (QED) is 0.832. The molecule has 1 atom stereocenters. The average molecular weight is 373 g/mol. The number of aryl methyl sites for hydroxylation is 1. The highest BCUT2D eigenvalue weighted by atomic mass is 32.2. The van der Waals surface area contributed by atoms with Gasteiger partial charge in [-0.25, -0.2) is 13.6 Å². The van der Waals surface area contributed by atoms with E-state index < -0.39 is 22.0 Å². The summed E-state index contributed by atoms with van der Waals surface area (Å²) in [4.78, 5) is 12.3. The summed E-state index contributed by atoms with van der Waals surface area (Å²) in [6, 6.07) is 11.1. The van der Waals surface area contributed by atoms with E-state index in [1.807, 2.05) is 6.07 Å². The van der Waals surface area contributed by atoms with Crippen LogP contribution >= 0.6 is 0 Å². The number of carbonyl (C=O) groups excluding carboxylic acids is 1. The number of primary sulfonamides is 1. The molecule has 0 aromatic heterocycles. The highest BCUT2D eigenvalue weighted by Crippen LogP contribution is 2.24. The van der Waals surface area contributed by atoms with Crippen LogP contribution in [0, 0.1) is 25.2 Å². The lowest BCUT2D eigenvalue weighted by atomic mass is 10.1. The summed E-state index contributed by atoms with van der Waals surface area (Å²) in [5, 5.41) is 16.6. The monoisotopic (exact) mass is 373 g/mol. The molecule has 0 bridgehead atoms. The minimum absolute atomic E-state index is 0.0726. The lowest BCUT2D eigenvalue weighted by Gasteiger charge is -2.17. The van der Waals surface area contributed by atoms with Crippen molar-refractivity contribution in [3.63, 3.8) is 0 Å². The second kappa shape index (κ2) is 7.56. The van der Waals surface area contributed by atoms with Gasteiger partial charge in [0.05, 0.1) is 16.5 Å². The molecular weight excluding hydrogens is 354 g/mol. The summed E-state index contributed by atoms with van der Waals surface area (Å²) in [5.74, 6) is 0.00117. The van der Waals surface area contributed by atoms with Gasteiger partial charge >= 0.3 is 0 Å². The maximum atomic E-state index is 12.4. The van der Waals surface area contributed by atoms with Crippen LogP contribution < -0.4 is 15.2 Å². The highest BCUT2D eigenvalue weighted by molar-refractivity contribution is 7.89. The smallest absolute Gasteiger partial charge is 0.265 e. The number of rotatable bonds is 5. The first-order chi connectivity index (χ1) is 12.1. The van der Waals surface area contributed by atoms with Crippen molar-refractivity contribution >= 4 is 21.6 Å². The number of anilines is 1. The van der Waals surface area contributed by atoms with Crippen molar-refractivity contribution in [2.45, 2.75) is 31.8 Å². The van der Waals surface area contributed by atoms with Crippen LogP contribution in [0.1, 0.15) is 23.6 Å². The second-order valence-electron chi connectivity index (χ2n) is 5.84. The molecule has 3 N–H and O–H groups in total. The number of hydrogen-bond acceptors (Lipinski definition) is 5. The molecule has 7 nitrogen and oxygen atoms in total. The highest BCUT2D eigenvalue weighted by Gasteiger charge is 2.18. The van der Waals surface area contributed by atoms with Gasteiger partial charge in [0.15, 0.2) is 6.10 Å². The minimum atomic E-state index is -3.88. The van der Waals surface area contributed by atoms with Gasteiger partial charge in [0.2, 0.25) is 10.0 Å². The molecule has 0 aliphatic heterocycles. The van der Waals surface area contributed by atoms with E-state index in [0.717, 1.165) is 5.56 Å². The molecule has 2 rings (SSSR count). The zero-order valence-electron chi connectivity index (χ0n) is 14.6. The Morgan fingerprint density at radius 1 is 1.23 bits per heavy atom. The van der Waals surface area contributed by atoms with E-state index >= 15 is 0 Å². The van der Waals surface area contributed by atoms with E-state index in [-0.39, 0.29) is 4.90 Å². The summed E-state index contributed by atoms with van der Waals surface area (Å²) in [6.45, 7) is 5.07. The van der Waals surface area contributed by atoms with Crippen LogP contribution in [-0.4, -0.2) is 20.4 Å². The molecule has 2 aromatic carbocycles. The first-order valence-corrected chi connectivity index (χ1v) is 9.28. The number of carbonyl (C=O) groups is 1. The Morgan fingerprint density at radius 3 is 2.38 bits per heavy atom. The molecule has 0 unspecified atom stereocenters. The van der Waals surface area contributed by atoms with Crippen molar-refractivity contribution in [1.82, 2.24) is 0 Å². The number of nitriles is 1. The normalized spacial score (nSPS) is 12.1. The molecule has 0 heterocycles. The van der Waals surface area contributed by atoms with Gasteiger partial charge in [-0.3, -0.25) is 4.79 Å². The summed E-state index contributed by atoms with van der Waals surface area (Å²) in [6.07, 6.45) is -0.833. The molecule has 0 fully saturated rings. The molecule has 0 radical (unpaired) electrons. The molecule has 0 saturated carbocycles. The Bertz CT molecular complexity index is 977. The van der Waals surface area contributed by atoms with Crippen LogP contribution in [-0.2, 0) is 14.8 Å². The van der Waals surface area contributed by atoms with Gasteiger partial charge in [0, 0.05) is 5.69 Å². The fraction of sp³-hybridized carbons (Fsp3) is 0.222. The Balaban J connectivity index is 2.18. The van der Waals surface area contributed by atoms with Crippen molar-refractivity contribution in [3.05, 3.63) is 53.1 Å². The standard InChI is InChI=1S/C18H19N3O4S/c1-11-8-16(26(20,23)24)9-17(12(11)2)21-18(22)13(3)25-15-6-4-14(10-19)5-7-15/h4-9,13H,1-3H3,(H,21,22)(H2,20,23,24)/t13-/m1/s1. The van der Waals surface area contributed by atoms with E-state index in [4.69, 9.17) is 15.1 Å². The van der Waals surface area contributed by atoms with Gasteiger partial charge in [0.1, 0.15) is 5.75 Å². The van der Waals surface area contributed by atoms with E-state index in [0.29, 0.717) is 22.6 Å². The first-order valence-electron chi connectivity index (χ1n) is 7.73. The van der Waals surface area contributed by atoms with Crippen LogP contribution in [0.5, 0.6) is 5.75 Å². The Morgan fingerprint density at radius 2 is 1.85 bits per heavy atom. The molecule has 136 valence electrons. The van der Waals surface area contributed by atoms with Crippen molar-refractivity contribution < 1.29 is 17.9 Å². The van der Waals surface area contributed by atoms with Gasteiger partial charge in [-0.05, 0) is 68.3 Å². The second-order valence-corrected chi connectivity index (χ2v) is 7.40. The van der Waals surface area contributed by atoms with Gasteiger partial charge in [-0.2, -0.15) is 5.26 Å². The third-order valence-corrected chi connectivity index (χ3v) is 4.79. The molecule has 0 aliphatic rings. The Hall–Kier alpha value is -2.89. The molecule has 1 amide bonds. The summed E-state index contributed by atoms with van der Waals surface area (Å²) in [7, 11) is -3.88. The average Bonchev–Trinajstić information content (AvgIpc) is 2.58. The zero-order valence-corrected chi connectivity index (χ0v) is 15.4. The number of sulfonamides is 1. The van der Waals surface area contributed by atoms with E-state index in [2.05, 4.69) is 5.32 Å². The fourth-order valence-electron chi connectivity index (χ4n) is 2.22. The summed E-state index contributed by atoms with van der Waals surface area (Å²) in [5.41, 5.74) is 2.26. The van der Waals surface area contributed by atoms with Crippen LogP contribution in [0.3, 0.4) is 0 Å². The number of ether oxygens (including phenoxy) is 1. The molecule has 0 saturated heterocycles. The number of nitrogens with zero attached hydrogens (tertiary/aromatic N) is 1. The lowest BCUT2D eigenvalue weighted by Crippen LogP contribution is -2.30. The number of hydrogen-bond donors (Lipinski definition) is 2. The van der Waals surface area contributed by atoms with E-state index in [1.165, 1.54) is 12.1 Å². The van der Waals surface area contributed by atoms with Crippen LogP contribution in [0.15, 0.2) is 41.3 Å². The third kappa shape index (κ3) is 4.59. The molecule has 0 spiro atoms. The Kier molecular flexibility index (Phi) is 5.65. The van der Waals surface area contributed by atoms with Crippen LogP contribution in [0.2, 0.25) is 0 Å². The van der Waals surface area contributed by atoms with Crippen molar-refractivity contribution in [2.75, 3.05) is 5.32 Å². The topological polar surface area (TPSA) is 122 Å². The third-order valence-electron chi connectivity index (χ3n) is 3.89. The van der Waals surface area contributed by atoms with Gasteiger partial charge < -0.3 is 10.1 Å². The lowest BCUT2D eigenvalue weighted by molar-refractivity contribution is -0.122. The van der Waals surface area contributed by atoms with Gasteiger partial charge in [-0.1, -0.05) is 0 Å².